The van der Waals surface area contributed by atoms with E-state index in [0.717, 1.165) is 12.0 Å². The highest BCUT2D eigenvalue weighted by atomic mass is 35.5. The third-order valence-corrected chi connectivity index (χ3v) is 3.33. The summed E-state index contributed by atoms with van der Waals surface area (Å²) in [5, 5.41) is 9.33. The number of halogens is 1. The van der Waals surface area contributed by atoms with Crippen molar-refractivity contribution in [1.29, 1.82) is 0 Å². The first-order valence-electron chi connectivity index (χ1n) is 6.10. The molecule has 0 spiro atoms. The molecule has 1 atom stereocenters. The standard InChI is InChI=1S/C14H19ClO4/c1-9(6-14(16)17)4-5-10-7-12(18-2)13(19-3)8-11(10)15/h7-9H,4-6H2,1-3H3,(H,16,17). The number of hydrogen-bond donors (Lipinski definition) is 1. The Hall–Kier alpha value is -1.42. The largest absolute Gasteiger partial charge is 0.493 e. The number of carboxylic acids is 1. The van der Waals surface area contributed by atoms with E-state index in [1.165, 1.54) is 0 Å². The van der Waals surface area contributed by atoms with Crippen LogP contribution in [0.25, 0.3) is 0 Å². The van der Waals surface area contributed by atoms with Crippen LogP contribution in [0.3, 0.4) is 0 Å². The van der Waals surface area contributed by atoms with Crippen molar-refractivity contribution in [2.45, 2.75) is 26.2 Å². The second-order valence-electron chi connectivity index (χ2n) is 4.54. The fourth-order valence-corrected chi connectivity index (χ4v) is 2.14. The van der Waals surface area contributed by atoms with Gasteiger partial charge in [0.2, 0.25) is 0 Å². The Labute approximate surface area is 118 Å². The highest BCUT2D eigenvalue weighted by Crippen LogP contribution is 2.34. The van der Waals surface area contributed by atoms with Crippen LogP contribution >= 0.6 is 11.6 Å². The predicted molar refractivity (Wildman–Crippen MR) is 74.3 cm³/mol. The lowest BCUT2D eigenvalue weighted by atomic mass is 9.98. The first-order chi connectivity index (χ1) is 8.97. The number of carbonyl (C=O) groups is 1. The Morgan fingerprint density at radius 2 is 1.89 bits per heavy atom. The minimum atomic E-state index is -0.772. The quantitative estimate of drug-likeness (QED) is 0.834. The van der Waals surface area contributed by atoms with E-state index in [1.807, 2.05) is 13.0 Å². The molecule has 0 bridgehead atoms. The van der Waals surface area contributed by atoms with Crippen molar-refractivity contribution >= 4 is 17.6 Å². The van der Waals surface area contributed by atoms with Crippen LogP contribution in [0.4, 0.5) is 0 Å². The molecule has 0 heterocycles. The minimum absolute atomic E-state index is 0.113. The number of hydrogen-bond acceptors (Lipinski definition) is 3. The second kappa shape index (κ2) is 7.24. The highest BCUT2D eigenvalue weighted by molar-refractivity contribution is 6.31. The van der Waals surface area contributed by atoms with E-state index >= 15 is 0 Å². The molecule has 0 amide bonds. The van der Waals surface area contributed by atoms with Crippen molar-refractivity contribution < 1.29 is 19.4 Å². The van der Waals surface area contributed by atoms with Gasteiger partial charge in [0, 0.05) is 17.5 Å². The average Bonchev–Trinajstić information content (AvgIpc) is 2.36. The Morgan fingerprint density at radius 3 is 2.42 bits per heavy atom. The van der Waals surface area contributed by atoms with Gasteiger partial charge in [-0.05, 0) is 30.4 Å². The fourth-order valence-electron chi connectivity index (χ4n) is 1.89. The molecule has 5 heteroatoms. The van der Waals surface area contributed by atoms with E-state index in [9.17, 15) is 4.79 Å². The van der Waals surface area contributed by atoms with Gasteiger partial charge in [0.05, 0.1) is 14.2 Å². The summed E-state index contributed by atoms with van der Waals surface area (Å²) in [5.74, 6) is 0.565. The number of carboxylic acid groups (broad SMARTS) is 1. The Kier molecular flexibility index (Phi) is 5.96. The summed E-state index contributed by atoms with van der Waals surface area (Å²) in [4.78, 5) is 10.6. The minimum Gasteiger partial charge on any atom is -0.493 e. The lowest BCUT2D eigenvalue weighted by Crippen LogP contribution is -2.05. The van der Waals surface area contributed by atoms with E-state index in [1.54, 1.807) is 20.3 Å². The Balaban J connectivity index is 2.75. The van der Waals surface area contributed by atoms with Gasteiger partial charge in [0.1, 0.15) is 0 Å². The maximum absolute atomic E-state index is 10.6. The van der Waals surface area contributed by atoms with Crippen molar-refractivity contribution in [3.8, 4) is 11.5 Å². The molecule has 4 nitrogen and oxygen atoms in total. The lowest BCUT2D eigenvalue weighted by Gasteiger charge is -2.13. The van der Waals surface area contributed by atoms with Crippen molar-refractivity contribution in [3.63, 3.8) is 0 Å². The molecule has 0 saturated heterocycles. The van der Waals surface area contributed by atoms with Crippen LogP contribution in [0.15, 0.2) is 12.1 Å². The van der Waals surface area contributed by atoms with Crippen LogP contribution in [0.5, 0.6) is 11.5 Å². The van der Waals surface area contributed by atoms with Gasteiger partial charge in [-0.25, -0.2) is 0 Å². The molecule has 1 aromatic carbocycles. The highest BCUT2D eigenvalue weighted by Gasteiger charge is 2.12. The van der Waals surface area contributed by atoms with Crippen LogP contribution in [-0.2, 0) is 11.2 Å². The molecular formula is C14H19ClO4. The predicted octanol–water partition coefficient (Wildman–Crippen LogP) is 3.40. The van der Waals surface area contributed by atoms with Crippen LogP contribution in [0.2, 0.25) is 5.02 Å². The van der Waals surface area contributed by atoms with Gasteiger partial charge in [-0.15, -0.1) is 0 Å². The zero-order valence-corrected chi connectivity index (χ0v) is 12.2. The van der Waals surface area contributed by atoms with Gasteiger partial charge in [0.15, 0.2) is 11.5 Å². The van der Waals surface area contributed by atoms with Gasteiger partial charge in [-0.1, -0.05) is 18.5 Å². The smallest absolute Gasteiger partial charge is 0.303 e. The molecule has 1 unspecified atom stereocenters. The average molecular weight is 287 g/mol. The topological polar surface area (TPSA) is 55.8 Å². The van der Waals surface area contributed by atoms with Gasteiger partial charge < -0.3 is 14.6 Å². The van der Waals surface area contributed by atoms with Crippen LogP contribution < -0.4 is 9.47 Å². The summed E-state index contributed by atoms with van der Waals surface area (Å²) in [6.45, 7) is 1.92. The lowest BCUT2D eigenvalue weighted by molar-refractivity contribution is -0.138. The molecule has 1 aromatic rings. The summed E-state index contributed by atoms with van der Waals surface area (Å²) in [5.41, 5.74) is 0.941. The van der Waals surface area contributed by atoms with Gasteiger partial charge >= 0.3 is 5.97 Å². The number of rotatable bonds is 7. The fraction of sp³-hybridized carbons (Fsp3) is 0.500. The third kappa shape index (κ3) is 4.63. The molecule has 0 aliphatic carbocycles. The normalized spacial score (nSPS) is 12.0. The number of methoxy groups -OCH3 is 2. The van der Waals surface area contributed by atoms with E-state index in [2.05, 4.69) is 0 Å². The van der Waals surface area contributed by atoms with Crippen molar-refractivity contribution in [1.82, 2.24) is 0 Å². The van der Waals surface area contributed by atoms with E-state index in [4.69, 9.17) is 26.2 Å². The molecule has 19 heavy (non-hydrogen) atoms. The molecule has 0 radical (unpaired) electrons. The van der Waals surface area contributed by atoms with Gasteiger partial charge in [-0.3, -0.25) is 4.79 Å². The summed E-state index contributed by atoms with van der Waals surface area (Å²) in [6, 6.07) is 3.56. The van der Waals surface area contributed by atoms with E-state index < -0.39 is 5.97 Å². The first kappa shape index (κ1) is 15.6. The second-order valence-corrected chi connectivity index (χ2v) is 4.95. The molecule has 1 rings (SSSR count). The molecule has 0 aromatic heterocycles. The Bertz CT molecular complexity index is 445. The Morgan fingerprint density at radius 1 is 1.32 bits per heavy atom. The number of aliphatic carboxylic acids is 1. The van der Waals surface area contributed by atoms with Gasteiger partial charge in [-0.2, -0.15) is 0 Å². The molecule has 0 saturated carbocycles. The zero-order chi connectivity index (χ0) is 14.4. The molecule has 0 aliphatic rings. The maximum atomic E-state index is 10.6. The number of ether oxygens (including phenoxy) is 2. The zero-order valence-electron chi connectivity index (χ0n) is 11.4. The van der Waals surface area contributed by atoms with Crippen molar-refractivity contribution in [2.75, 3.05) is 14.2 Å². The molecular weight excluding hydrogens is 268 g/mol. The number of aryl methyl sites for hydroxylation is 1. The van der Waals surface area contributed by atoms with Crippen LogP contribution in [0.1, 0.15) is 25.3 Å². The van der Waals surface area contributed by atoms with Crippen LogP contribution in [0, 0.1) is 5.92 Å². The summed E-state index contributed by atoms with van der Waals surface area (Å²) in [7, 11) is 3.13. The SMILES string of the molecule is COc1cc(Cl)c(CCC(C)CC(=O)O)cc1OC. The third-order valence-electron chi connectivity index (χ3n) is 2.98. The molecule has 0 fully saturated rings. The van der Waals surface area contributed by atoms with Crippen molar-refractivity contribution in [3.05, 3.63) is 22.7 Å². The van der Waals surface area contributed by atoms with Crippen LogP contribution in [-0.4, -0.2) is 25.3 Å². The summed E-state index contributed by atoms with van der Waals surface area (Å²) in [6.07, 6.45) is 1.65. The first-order valence-corrected chi connectivity index (χ1v) is 6.48. The molecule has 0 aliphatic heterocycles. The summed E-state index contributed by atoms with van der Waals surface area (Å²) >= 11 is 6.17. The van der Waals surface area contributed by atoms with Crippen molar-refractivity contribution in [2.24, 2.45) is 5.92 Å². The number of benzene rings is 1. The maximum Gasteiger partial charge on any atom is 0.303 e. The van der Waals surface area contributed by atoms with Gasteiger partial charge in [0.25, 0.3) is 0 Å². The monoisotopic (exact) mass is 286 g/mol. The summed E-state index contributed by atoms with van der Waals surface area (Å²) < 4.78 is 10.4. The van der Waals surface area contributed by atoms with E-state index in [0.29, 0.717) is 22.9 Å². The molecule has 1 N–H and O–H groups in total. The van der Waals surface area contributed by atoms with E-state index in [-0.39, 0.29) is 12.3 Å². The molecule has 106 valence electrons.